The summed E-state index contributed by atoms with van der Waals surface area (Å²) in [5, 5.41) is 2.99. The molecular formula is C15H16N6O2. The zero-order valence-corrected chi connectivity index (χ0v) is 12.4. The minimum atomic E-state index is -0.225. The number of nitrogens with zero attached hydrogens (tertiary/aromatic N) is 4. The number of nitrogens with one attached hydrogen (secondary N) is 2. The van der Waals surface area contributed by atoms with Crippen LogP contribution < -0.4 is 5.32 Å². The van der Waals surface area contributed by atoms with Crippen molar-refractivity contribution < 1.29 is 9.53 Å². The van der Waals surface area contributed by atoms with E-state index in [0.29, 0.717) is 29.3 Å². The number of aromatic nitrogens is 5. The van der Waals surface area contributed by atoms with E-state index in [1.165, 1.54) is 0 Å². The molecule has 0 saturated carbocycles. The maximum Gasteiger partial charge on any atom is 0.272 e. The van der Waals surface area contributed by atoms with Crippen molar-refractivity contribution >= 4 is 16.9 Å². The summed E-state index contributed by atoms with van der Waals surface area (Å²) in [5.41, 5.74) is 1.64. The molecule has 0 spiro atoms. The first kappa shape index (κ1) is 13.9. The third-order valence-corrected chi connectivity index (χ3v) is 3.84. The fourth-order valence-electron chi connectivity index (χ4n) is 2.70. The lowest BCUT2D eigenvalue weighted by molar-refractivity contribution is 0.0622. The molecule has 23 heavy (non-hydrogen) atoms. The first-order valence-corrected chi connectivity index (χ1v) is 7.53. The first-order chi connectivity index (χ1) is 11.3. The van der Waals surface area contributed by atoms with E-state index in [2.05, 4.69) is 25.3 Å². The molecule has 0 bridgehead atoms. The average molecular weight is 312 g/mol. The van der Waals surface area contributed by atoms with Gasteiger partial charge in [-0.05, 0) is 18.9 Å². The van der Waals surface area contributed by atoms with Gasteiger partial charge in [-0.2, -0.15) is 0 Å². The van der Waals surface area contributed by atoms with E-state index >= 15 is 0 Å². The molecule has 1 aliphatic rings. The molecular weight excluding hydrogens is 296 g/mol. The van der Waals surface area contributed by atoms with Crippen LogP contribution in [0.5, 0.6) is 0 Å². The van der Waals surface area contributed by atoms with Crippen LogP contribution in [0.1, 0.15) is 23.3 Å². The summed E-state index contributed by atoms with van der Waals surface area (Å²) < 4.78 is 7.08. The van der Waals surface area contributed by atoms with Gasteiger partial charge in [0.25, 0.3) is 5.91 Å². The van der Waals surface area contributed by atoms with E-state index in [1.807, 2.05) is 6.07 Å². The molecule has 0 aromatic carbocycles. The summed E-state index contributed by atoms with van der Waals surface area (Å²) >= 11 is 0. The molecule has 2 N–H and O–H groups in total. The SMILES string of the molecule is O=C(NC1CCCOC1)c1nc(-n2ccnc2)nc2cc[nH]c12. The van der Waals surface area contributed by atoms with Crippen LogP contribution in [0.4, 0.5) is 0 Å². The van der Waals surface area contributed by atoms with Gasteiger partial charge in [0, 0.05) is 25.2 Å². The Bertz CT molecular complexity index is 820. The lowest BCUT2D eigenvalue weighted by Crippen LogP contribution is -2.41. The average Bonchev–Trinajstić information content (AvgIpc) is 3.26. The van der Waals surface area contributed by atoms with Crippen molar-refractivity contribution in [3.63, 3.8) is 0 Å². The highest BCUT2D eigenvalue weighted by Crippen LogP contribution is 2.16. The van der Waals surface area contributed by atoms with Crippen LogP contribution >= 0.6 is 0 Å². The van der Waals surface area contributed by atoms with Crippen molar-refractivity contribution in [2.45, 2.75) is 18.9 Å². The number of carbonyl (C=O) groups is 1. The Morgan fingerprint density at radius 2 is 2.39 bits per heavy atom. The number of amides is 1. The summed E-state index contributed by atoms with van der Waals surface area (Å²) in [6.07, 6.45) is 8.60. The second-order valence-corrected chi connectivity index (χ2v) is 5.47. The van der Waals surface area contributed by atoms with Gasteiger partial charge in [0.05, 0.1) is 23.7 Å². The van der Waals surface area contributed by atoms with Crippen LogP contribution in [0.15, 0.2) is 31.0 Å². The minimum Gasteiger partial charge on any atom is -0.379 e. The molecule has 1 fully saturated rings. The number of hydrogen-bond acceptors (Lipinski definition) is 5. The summed E-state index contributed by atoms with van der Waals surface area (Å²) in [7, 11) is 0. The summed E-state index contributed by atoms with van der Waals surface area (Å²) in [5.74, 6) is 0.191. The van der Waals surface area contributed by atoms with Gasteiger partial charge in [-0.25, -0.2) is 15.0 Å². The van der Waals surface area contributed by atoms with Crippen molar-refractivity contribution in [2.75, 3.05) is 13.2 Å². The van der Waals surface area contributed by atoms with Crippen LogP contribution in [-0.4, -0.2) is 49.7 Å². The fraction of sp³-hybridized carbons (Fsp3) is 0.333. The second kappa shape index (κ2) is 5.81. The summed E-state index contributed by atoms with van der Waals surface area (Å²) in [6.45, 7) is 1.30. The normalized spacial score (nSPS) is 18.2. The Morgan fingerprint density at radius 1 is 1.43 bits per heavy atom. The minimum absolute atomic E-state index is 0.0212. The largest absolute Gasteiger partial charge is 0.379 e. The van der Waals surface area contributed by atoms with Gasteiger partial charge >= 0.3 is 0 Å². The van der Waals surface area contributed by atoms with E-state index in [-0.39, 0.29) is 11.9 Å². The molecule has 1 unspecified atom stereocenters. The Hall–Kier alpha value is -2.74. The van der Waals surface area contributed by atoms with E-state index in [0.717, 1.165) is 19.4 Å². The third kappa shape index (κ3) is 2.68. The molecule has 1 aliphatic heterocycles. The topological polar surface area (TPSA) is 97.7 Å². The monoisotopic (exact) mass is 312 g/mol. The maximum absolute atomic E-state index is 12.6. The van der Waals surface area contributed by atoms with Crippen molar-refractivity contribution in [1.82, 2.24) is 29.8 Å². The number of ether oxygens (including phenoxy) is 1. The Labute approximate surface area is 131 Å². The first-order valence-electron chi connectivity index (χ1n) is 7.53. The highest BCUT2D eigenvalue weighted by Gasteiger charge is 2.21. The van der Waals surface area contributed by atoms with E-state index in [4.69, 9.17) is 4.74 Å². The number of fused-ring (bicyclic) bond motifs is 1. The van der Waals surface area contributed by atoms with Gasteiger partial charge in [-0.1, -0.05) is 0 Å². The molecule has 118 valence electrons. The van der Waals surface area contributed by atoms with Gasteiger partial charge in [0.2, 0.25) is 5.95 Å². The van der Waals surface area contributed by atoms with Crippen molar-refractivity contribution in [2.24, 2.45) is 0 Å². The predicted molar refractivity (Wildman–Crippen MR) is 82.3 cm³/mol. The van der Waals surface area contributed by atoms with Gasteiger partial charge in [-0.3, -0.25) is 9.36 Å². The number of hydrogen-bond donors (Lipinski definition) is 2. The van der Waals surface area contributed by atoms with Crippen LogP contribution in [0.3, 0.4) is 0 Å². The Morgan fingerprint density at radius 3 is 3.17 bits per heavy atom. The van der Waals surface area contributed by atoms with Crippen molar-refractivity contribution in [3.8, 4) is 5.95 Å². The van der Waals surface area contributed by atoms with Gasteiger partial charge < -0.3 is 15.0 Å². The van der Waals surface area contributed by atoms with Crippen LogP contribution in [0.25, 0.3) is 17.0 Å². The van der Waals surface area contributed by atoms with Crippen molar-refractivity contribution in [3.05, 3.63) is 36.7 Å². The van der Waals surface area contributed by atoms with Crippen LogP contribution in [0, 0.1) is 0 Å². The molecule has 0 radical (unpaired) electrons. The number of carbonyl (C=O) groups excluding carboxylic acids is 1. The summed E-state index contributed by atoms with van der Waals surface area (Å²) in [4.78, 5) is 28.5. The summed E-state index contributed by atoms with van der Waals surface area (Å²) in [6, 6.07) is 1.84. The Kier molecular flexibility index (Phi) is 3.51. The number of rotatable bonds is 3. The maximum atomic E-state index is 12.6. The predicted octanol–water partition coefficient (Wildman–Crippen LogP) is 1.05. The van der Waals surface area contributed by atoms with Crippen LogP contribution in [-0.2, 0) is 4.74 Å². The molecule has 1 amide bonds. The molecule has 8 heteroatoms. The van der Waals surface area contributed by atoms with E-state index in [1.54, 1.807) is 29.5 Å². The lowest BCUT2D eigenvalue weighted by Gasteiger charge is -2.23. The molecule has 3 aromatic rings. The molecule has 4 rings (SSSR count). The lowest BCUT2D eigenvalue weighted by atomic mass is 10.1. The molecule has 1 saturated heterocycles. The number of imidazole rings is 1. The molecule has 4 heterocycles. The zero-order valence-electron chi connectivity index (χ0n) is 12.4. The van der Waals surface area contributed by atoms with Gasteiger partial charge in [-0.15, -0.1) is 0 Å². The standard InChI is InChI=1S/C15H16N6O2/c22-14(18-10-2-1-7-23-8-10)13-12-11(3-4-17-12)19-15(20-13)21-6-5-16-9-21/h3-6,9-10,17H,1-2,7-8H2,(H,18,22). The van der Waals surface area contributed by atoms with Crippen LogP contribution in [0.2, 0.25) is 0 Å². The number of H-pyrrole nitrogens is 1. The van der Waals surface area contributed by atoms with E-state index in [9.17, 15) is 4.79 Å². The molecule has 0 aliphatic carbocycles. The van der Waals surface area contributed by atoms with E-state index < -0.39 is 0 Å². The van der Waals surface area contributed by atoms with Gasteiger partial charge in [0.15, 0.2) is 5.69 Å². The highest BCUT2D eigenvalue weighted by atomic mass is 16.5. The molecule has 3 aromatic heterocycles. The second-order valence-electron chi connectivity index (χ2n) is 5.47. The molecule has 1 atom stereocenters. The third-order valence-electron chi connectivity index (χ3n) is 3.84. The smallest absolute Gasteiger partial charge is 0.272 e. The van der Waals surface area contributed by atoms with Gasteiger partial charge in [0.1, 0.15) is 6.33 Å². The molecule has 8 nitrogen and oxygen atoms in total. The quantitative estimate of drug-likeness (QED) is 0.753. The van der Waals surface area contributed by atoms with Crippen molar-refractivity contribution in [1.29, 1.82) is 0 Å². The number of aromatic amines is 1. The fourth-order valence-corrected chi connectivity index (χ4v) is 2.70. The Balaban J connectivity index is 1.69. The zero-order chi connectivity index (χ0) is 15.6. The highest BCUT2D eigenvalue weighted by molar-refractivity contribution is 6.03.